The molecule has 94 valence electrons. The zero-order valence-electron chi connectivity index (χ0n) is 9.90. The van der Waals surface area contributed by atoms with E-state index in [0.29, 0.717) is 11.1 Å². The highest BCUT2D eigenvalue weighted by molar-refractivity contribution is 5.96. The van der Waals surface area contributed by atoms with Crippen LogP contribution in [-0.4, -0.2) is 40.0 Å². The molecule has 0 saturated heterocycles. The molecule has 0 aliphatic heterocycles. The van der Waals surface area contributed by atoms with Crippen LogP contribution in [0.3, 0.4) is 0 Å². The Morgan fingerprint density at radius 3 is 2.47 bits per heavy atom. The standard InChI is InChI=1S/C12H17NO4/c1-8-9(4-3-5-10(8)16)11(17)13-12(2,6-14)7-15/h3-5,14-16H,6-7H2,1-2H3,(H,13,17). The molecule has 5 heteroatoms. The lowest BCUT2D eigenvalue weighted by molar-refractivity contribution is 0.0723. The van der Waals surface area contributed by atoms with E-state index in [1.807, 2.05) is 0 Å². The number of amides is 1. The number of hydrogen-bond acceptors (Lipinski definition) is 4. The van der Waals surface area contributed by atoms with Gasteiger partial charge in [0, 0.05) is 11.1 Å². The van der Waals surface area contributed by atoms with Gasteiger partial charge in [-0.2, -0.15) is 0 Å². The molecule has 1 rings (SSSR count). The molecule has 0 radical (unpaired) electrons. The Bertz CT molecular complexity index is 413. The van der Waals surface area contributed by atoms with Gasteiger partial charge in [0.15, 0.2) is 0 Å². The first-order chi connectivity index (χ1) is 7.93. The lowest BCUT2D eigenvalue weighted by Gasteiger charge is -2.26. The first-order valence-electron chi connectivity index (χ1n) is 5.26. The van der Waals surface area contributed by atoms with Crippen molar-refractivity contribution in [2.24, 2.45) is 0 Å². The van der Waals surface area contributed by atoms with E-state index in [2.05, 4.69) is 5.32 Å². The quantitative estimate of drug-likeness (QED) is 0.603. The van der Waals surface area contributed by atoms with Crippen molar-refractivity contribution in [2.45, 2.75) is 19.4 Å². The molecule has 0 heterocycles. The summed E-state index contributed by atoms with van der Waals surface area (Å²) < 4.78 is 0. The van der Waals surface area contributed by atoms with Crippen molar-refractivity contribution in [3.8, 4) is 5.75 Å². The third-order valence-corrected chi connectivity index (χ3v) is 2.66. The highest BCUT2D eigenvalue weighted by atomic mass is 16.3. The van der Waals surface area contributed by atoms with E-state index in [0.717, 1.165) is 0 Å². The van der Waals surface area contributed by atoms with Crippen molar-refractivity contribution in [1.29, 1.82) is 0 Å². The number of phenols is 1. The molecule has 17 heavy (non-hydrogen) atoms. The fraction of sp³-hybridized carbons (Fsp3) is 0.417. The third-order valence-electron chi connectivity index (χ3n) is 2.66. The number of aliphatic hydroxyl groups excluding tert-OH is 2. The predicted octanol–water partition coefficient (Wildman–Crippen LogP) is 0.174. The minimum atomic E-state index is -1.07. The molecule has 0 atom stereocenters. The van der Waals surface area contributed by atoms with E-state index in [1.165, 1.54) is 13.0 Å². The second kappa shape index (κ2) is 5.16. The Morgan fingerprint density at radius 1 is 1.35 bits per heavy atom. The Hall–Kier alpha value is -1.59. The van der Waals surface area contributed by atoms with Crippen LogP contribution in [0, 0.1) is 6.92 Å². The van der Waals surface area contributed by atoms with Crippen molar-refractivity contribution in [1.82, 2.24) is 5.32 Å². The summed E-state index contributed by atoms with van der Waals surface area (Å²) in [5.41, 5.74) is -0.295. The second-order valence-electron chi connectivity index (χ2n) is 4.28. The summed E-state index contributed by atoms with van der Waals surface area (Å²) >= 11 is 0. The van der Waals surface area contributed by atoms with Gasteiger partial charge in [0.2, 0.25) is 0 Å². The van der Waals surface area contributed by atoms with Crippen LogP contribution in [0.5, 0.6) is 5.75 Å². The van der Waals surface area contributed by atoms with E-state index in [1.54, 1.807) is 19.1 Å². The molecule has 5 nitrogen and oxygen atoms in total. The van der Waals surface area contributed by atoms with Gasteiger partial charge in [-0.05, 0) is 26.0 Å². The van der Waals surface area contributed by atoms with Crippen molar-refractivity contribution in [2.75, 3.05) is 13.2 Å². The van der Waals surface area contributed by atoms with Gasteiger partial charge < -0.3 is 20.6 Å². The van der Waals surface area contributed by atoms with E-state index in [9.17, 15) is 9.90 Å². The number of rotatable bonds is 4. The highest BCUT2D eigenvalue weighted by Crippen LogP contribution is 2.19. The van der Waals surface area contributed by atoms with Gasteiger partial charge in [-0.15, -0.1) is 0 Å². The molecule has 0 aromatic heterocycles. The molecule has 0 unspecified atom stereocenters. The van der Waals surface area contributed by atoms with Crippen LogP contribution >= 0.6 is 0 Å². The molecule has 0 aliphatic rings. The van der Waals surface area contributed by atoms with Crippen LogP contribution in [0.2, 0.25) is 0 Å². The molecule has 0 spiro atoms. The smallest absolute Gasteiger partial charge is 0.252 e. The van der Waals surface area contributed by atoms with Crippen molar-refractivity contribution >= 4 is 5.91 Å². The number of benzene rings is 1. The Balaban J connectivity index is 2.94. The monoisotopic (exact) mass is 239 g/mol. The van der Waals surface area contributed by atoms with Gasteiger partial charge in [-0.1, -0.05) is 6.07 Å². The molecule has 4 N–H and O–H groups in total. The van der Waals surface area contributed by atoms with Gasteiger partial charge in [-0.25, -0.2) is 0 Å². The predicted molar refractivity (Wildman–Crippen MR) is 62.9 cm³/mol. The lowest BCUT2D eigenvalue weighted by atomic mass is 10.0. The highest BCUT2D eigenvalue weighted by Gasteiger charge is 2.25. The zero-order valence-corrected chi connectivity index (χ0v) is 9.90. The number of aliphatic hydroxyl groups is 2. The van der Waals surface area contributed by atoms with Gasteiger partial charge in [0.25, 0.3) is 5.91 Å². The Kier molecular flexibility index (Phi) is 4.09. The molecular weight excluding hydrogens is 222 g/mol. The molecular formula is C12H17NO4. The van der Waals surface area contributed by atoms with E-state index in [-0.39, 0.29) is 19.0 Å². The van der Waals surface area contributed by atoms with Crippen molar-refractivity contribution in [3.63, 3.8) is 0 Å². The average molecular weight is 239 g/mol. The molecule has 0 fully saturated rings. The Morgan fingerprint density at radius 2 is 1.94 bits per heavy atom. The van der Waals surface area contributed by atoms with Crippen LogP contribution in [0.15, 0.2) is 18.2 Å². The van der Waals surface area contributed by atoms with Gasteiger partial charge in [0.05, 0.1) is 18.8 Å². The lowest BCUT2D eigenvalue weighted by Crippen LogP contribution is -2.51. The van der Waals surface area contributed by atoms with Gasteiger partial charge in [-0.3, -0.25) is 4.79 Å². The van der Waals surface area contributed by atoms with E-state index < -0.39 is 11.4 Å². The molecule has 0 aliphatic carbocycles. The fourth-order valence-electron chi connectivity index (χ4n) is 1.34. The number of hydrogen-bond donors (Lipinski definition) is 4. The minimum absolute atomic E-state index is 0.0346. The summed E-state index contributed by atoms with van der Waals surface area (Å²) in [5, 5.41) is 30.2. The maximum absolute atomic E-state index is 11.9. The molecule has 1 amide bonds. The summed E-state index contributed by atoms with van der Waals surface area (Å²) in [7, 11) is 0. The second-order valence-corrected chi connectivity index (χ2v) is 4.28. The first kappa shape index (κ1) is 13.5. The number of carbonyl (C=O) groups is 1. The maximum Gasteiger partial charge on any atom is 0.252 e. The maximum atomic E-state index is 11.9. The SMILES string of the molecule is Cc1c(O)cccc1C(=O)NC(C)(CO)CO. The first-order valence-corrected chi connectivity index (χ1v) is 5.26. The zero-order chi connectivity index (χ0) is 13.1. The summed E-state index contributed by atoms with van der Waals surface area (Å²) in [5.74, 6) is -0.406. The fourth-order valence-corrected chi connectivity index (χ4v) is 1.34. The number of carbonyl (C=O) groups excluding carboxylic acids is 1. The molecule has 0 saturated carbocycles. The van der Waals surface area contributed by atoms with Crippen molar-refractivity contribution < 1.29 is 20.1 Å². The summed E-state index contributed by atoms with van der Waals surface area (Å²) in [4.78, 5) is 11.9. The van der Waals surface area contributed by atoms with Crippen LogP contribution in [-0.2, 0) is 0 Å². The number of nitrogens with one attached hydrogen (secondary N) is 1. The topological polar surface area (TPSA) is 89.8 Å². The number of phenolic OH excluding ortho intramolecular Hbond substituents is 1. The van der Waals surface area contributed by atoms with Gasteiger partial charge in [0.1, 0.15) is 5.75 Å². The van der Waals surface area contributed by atoms with Crippen LogP contribution in [0.4, 0.5) is 0 Å². The summed E-state index contributed by atoms with van der Waals surface area (Å²) in [6.45, 7) is 2.42. The normalized spacial score (nSPS) is 11.3. The van der Waals surface area contributed by atoms with Gasteiger partial charge >= 0.3 is 0 Å². The van der Waals surface area contributed by atoms with E-state index in [4.69, 9.17) is 10.2 Å². The summed E-state index contributed by atoms with van der Waals surface area (Å²) in [6.07, 6.45) is 0. The van der Waals surface area contributed by atoms with Crippen molar-refractivity contribution in [3.05, 3.63) is 29.3 Å². The third kappa shape index (κ3) is 2.95. The molecule has 0 bridgehead atoms. The minimum Gasteiger partial charge on any atom is -0.508 e. The van der Waals surface area contributed by atoms with Crippen LogP contribution in [0.1, 0.15) is 22.8 Å². The molecule has 1 aromatic rings. The molecule has 1 aromatic carbocycles. The average Bonchev–Trinajstić information content (AvgIpc) is 2.32. The summed E-state index contributed by atoms with van der Waals surface area (Å²) in [6, 6.07) is 4.62. The largest absolute Gasteiger partial charge is 0.508 e. The number of aromatic hydroxyl groups is 1. The van der Waals surface area contributed by atoms with E-state index >= 15 is 0 Å². The van der Waals surface area contributed by atoms with Crippen LogP contribution in [0.25, 0.3) is 0 Å². The Labute approximate surface area is 99.7 Å². The van der Waals surface area contributed by atoms with Crippen LogP contribution < -0.4 is 5.32 Å².